The van der Waals surface area contributed by atoms with Crippen LogP contribution in [0, 0.1) is 6.92 Å². The summed E-state index contributed by atoms with van der Waals surface area (Å²) >= 11 is 3.42. The van der Waals surface area contributed by atoms with Crippen molar-refractivity contribution in [1.82, 2.24) is 0 Å². The molecule has 0 saturated heterocycles. The number of rotatable bonds is 3. The normalized spacial score (nSPS) is 11.7. The molecule has 0 bridgehead atoms. The molecule has 112 valence electrons. The van der Waals surface area contributed by atoms with E-state index in [-0.39, 0.29) is 5.75 Å². The third-order valence-electron chi connectivity index (χ3n) is 3.57. The molecule has 0 radical (unpaired) electrons. The van der Waals surface area contributed by atoms with Crippen molar-refractivity contribution in [2.24, 2.45) is 0 Å². The summed E-state index contributed by atoms with van der Waals surface area (Å²) in [7, 11) is -3.34. The van der Waals surface area contributed by atoms with Gasteiger partial charge in [-0.1, -0.05) is 57.9 Å². The molecule has 0 unspecified atom stereocenters. The van der Waals surface area contributed by atoms with Crippen LogP contribution >= 0.6 is 15.9 Å². The monoisotopic (exact) mass is 374 g/mol. The van der Waals surface area contributed by atoms with Gasteiger partial charge in [-0.2, -0.15) is 0 Å². The highest BCUT2D eigenvalue weighted by molar-refractivity contribution is 9.10. The van der Waals surface area contributed by atoms with E-state index >= 15 is 0 Å². The van der Waals surface area contributed by atoms with Gasteiger partial charge in [0.15, 0.2) is 9.84 Å². The molecule has 3 aromatic carbocycles. The van der Waals surface area contributed by atoms with E-state index in [0.29, 0.717) is 4.90 Å². The van der Waals surface area contributed by atoms with E-state index in [2.05, 4.69) is 15.9 Å². The van der Waals surface area contributed by atoms with E-state index in [9.17, 15) is 8.42 Å². The van der Waals surface area contributed by atoms with Crippen LogP contribution in [0.15, 0.2) is 70.0 Å². The molecule has 0 atom stereocenters. The highest BCUT2D eigenvalue weighted by Gasteiger charge is 2.16. The second-order valence-corrected chi connectivity index (χ2v) is 8.31. The molecule has 3 rings (SSSR count). The molecule has 0 amide bonds. The van der Waals surface area contributed by atoms with Crippen LogP contribution in [0.3, 0.4) is 0 Å². The van der Waals surface area contributed by atoms with Gasteiger partial charge in [-0.25, -0.2) is 8.42 Å². The smallest absolute Gasteiger partial charge is 0.182 e. The van der Waals surface area contributed by atoms with Crippen molar-refractivity contribution in [1.29, 1.82) is 0 Å². The lowest BCUT2D eigenvalue weighted by atomic mass is 10.1. The maximum absolute atomic E-state index is 12.6. The molecule has 0 aliphatic heterocycles. The fourth-order valence-electron chi connectivity index (χ4n) is 2.49. The quantitative estimate of drug-likeness (QED) is 0.654. The van der Waals surface area contributed by atoms with Crippen molar-refractivity contribution < 1.29 is 8.42 Å². The molecule has 3 aromatic rings. The molecule has 0 heterocycles. The van der Waals surface area contributed by atoms with Crippen molar-refractivity contribution in [3.8, 4) is 0 Å². The van der Waals surface area contributed by atoms with Gasteiger partial charge >= 0.3 is 0 Å². The summed E-state index contributed by atoms with van der Waals surface area (Å²) in [5.74, 6) is 0.0245. The minimum absolute atomic E-state index is 0.0245. The Hall–Kier alpha value is -1.65. The van der Waals surface area contributed by atoms with Gasteiger partial charge in [0.05, 0.1) is 10.6 Å². The SMILES string of the molecule is Cc1cccc(CS(=O)(=O)c2ccc3cc(Br)ccc3c2)c1. The number of hydrogen-bond acceptors (Lipinski definition) is 2. The van der Waals surface area contributed by atoms with Crippen LogP contribution in [0.25, 0.3) is 10.8 Å². The molecular formula is C18H15BrO2S. The molecular weight excluding hydrogens is 360 g/mol. The lowest BCUT2D eigenvalue weighted by Gasteiger charge is -2.07. The summed E-state index contributed by atoms with van der Waals surface area (Å²) < 4.78 is 26.2. The number of fused-ring (bicyclic) bond motifs is 1. The Bertz CT molecular complexity index is 946. The largest absolute Gasteiger partial charge is 0.223 e. The van der Waals surface area contributed by atoms with Gasteiger partial charge in [0.25, 0.3) is 0 Å². The first kappa shape index (κ1) is 15.3. The lowest BCUT2D eigenvalue weighted by Crippen LogP contribution is -2.05. The second-order valence-electron chi connectivity index (χ2n) is 5.40. The molecule has 22 heavy (non-hydrogen) atoms. The first-order valence-corrected chi connectivity index (χ1v) is 9.36. The second kappa shape index (κ2) is 5.86. The number of aryl methyl sites for hydroxylation is 1. The molecule has 2 nitrogen and oxygen atoms in total. The first-order chi connectivity index (χ1) is 10.4. The zero-order valence-corrected chi connectivity index (χ0v) is 14.5. The van der Waals surface area contributed by atoms with Crippen LogP contribution in [-0.2, 0) is 15.6 Å². The van der Waals surface area contributed by atoms with Gasteiger partial charge in [-0.05, 0) is 47.5 Å². The zero-order chi connectivity index (χ0) is 15.7. The van der Waals surface area contributed by atoms with Crippen LogP contribution in [0.4, 0.5) is 0 Å². The summed E-state index contributed by atoms with van der Waals surface area (Å²) in [6.45, 7) is 1.96. The Kier molecular flexibility index (Phi) is 4.06. The Morgan fingerprint density at radius 3 is 2.41 bits per heavy atom. The molecule has 0 aliphatic carbocycles. The average Bonchev–Trinajstić information content (AvgIpc) is 2.46. The fourth-order valence-corrected chi connectivity index (χ4v) is 4.24. The summed E-state index contributed by atoms with van der Waals surface area (Å²) in [6, 6.07) is 18.7. The molecule has 0 aromatic heterocycles. The van der Waals surface area contributed by atoms with Crippen molar-refractivity contribution in [2.45, 2.75) is 17.6 Å². The summed E-state index contributed by atoms with van der Waals surface area (Å²) in [4.78, 5) is 0.365. The van der Waals surface area contributed by atoms with E-state index in [1.54, 1.807) is 12.1 Å². The van der Waals surface area contributed by atoms with Crippen LogP contribution in [0.5, 0.6) is 0 Å². The van der Waals surface area contributed by atoms with Crippen molar-refractivity contribution in [3.63, 3.8) is 0 Å². The average molecular weight is 375 g/mol. The Morgan fingerprint density at radius 1 is 0.909 bits per heavy atom. The van der Waals surface area contributed by atoms with E-state index in [1.165, 1.54) is 0 Å². The Labute approximate surface area is 138 Å². The van der Waals surface area contributed by atoms with E-state index in [4.69, 9.17) is 0 Å². The summed E-state index contributed by atoms with van der Waals surface area (Å²) in [6.07, 6.45) is 0. The lowest BCUT2D eigenvalue weighted by molar-refractivity contribution is 0.595. The third kappa shape index (κ3) is 3.23. The minimum atomic E-state index is -3.34. The molecule has 0 spiro atoms. The molecule has 0 saturated carbocycles. The zero-order valence-electron chi connectivity index (χ0n) is 12.1. The Balaban J connectivity index is 2.00. The van der Waals surface area contributed by atoms with E-state index < -0.39 is 9.84 Å². The summed E-state index contributed by atoms with van der Waals surface area (Å²) in [5, 5.41) is 1.94. The van der Waals surface area contributed by atoms with Gasteiger partial charge < -0.3 is 0 Å². The highest BCUT2D eigenvalue weighted by atomic mass is 79.9. The van der Waals surface area contributed by atoms with Crippen molar-refractivity contribution in [3.05, 3.63) is 76.3 Å². The molecule has 0 fully saturated rings. The predicted molar refractivity (Wildman–Crippen MR) is 93.7 cm³/mol. The van der Waals surface area contributed by atoms with Crippen LogP contribution in [-0.4, -0.2) is 8.42 Å². The maximum atomic E-state index is 12.6. The van der Waals surface area contributed by atoms with E-state index in [0.717, 1.165) is 26.4 Å². The van der Waals surface area contributed by atoms with Gasteiger partial charge in [-0.3, -0.25) is 0 Å². The number of hydrogen-bond donors (Lipinski definition) is 0. The Morgan fingerprint density at radius 2 is 1.64 bits per heavy atom. The number of halogens is 1. The van der Waals surface area contributed by atoms with Crippen molar-refractivity contribution >= 4 is 36.5 Å². The van der Waals surface area contributed by atoms with E-state index in [1.807, 2.05) is 55.5 Å². The molecule has 0 aliphatic rings. The first-order valence-electron chi connectivity index (χ1n) is 6.92. The minimum Gasteiger partial charge on any atom is -0.223 e. The third-order valence-corrected chi connectivity index (χ3v) is 5.75. The van der Waals surface area contributed by atoms with Gasteiger partial charge in [0.2, 0.25) is 0 Å². The fraction of sp³-hybridized carbons (Fsp3) is 0.111. The number of sulfone groups is 1. The predicted octanol–water partition coefficient (Wildman–Crippen LogP) is 4.88. The molecule has 0 N–H and O–H groups in total. The summed E-state index contributed by atoms with van der Waals surface area (Å²) in [5.41, 5.74) is 1.88. The van der Waals surface area contributed by atoms with Crippen molar-refractivity contribution in [2.75, 3.05) is 0 Å². The van der Waals surface area contributed by atoms with Gasteiger partial charge in [-0.15, -0.1) is 0 Å². The van der Waals surface area contributed by atoms with Crippen LogP contribution in [0.1, 0.15) is 11.1 Å². The van der Waals surface area contributed by atoms with Crippen LogP contribution < -0.4 is 0 Å². The number of benzene rings is 3. The van der Waals surface area contributed by atoms with Gasteiger partial charge in [0, 0.05) is 4.47 Å². The topological polar surface area (TPSA) is 34.1 Å². The van der Waals surface area contributed by atoms with Gasteiger partial charge in [0.1, 0.15) is 0 Å². The maximum Gasteiger partial charge on any atom is 0.182 e. The highest BCUT2D eigenvalue weighted by Crippen LogP contribution is 2.24. The van der Waals surface area contributed by atoms with Crippen LogP contribution in [0.2, 0.25) is 0 Å². The molecule has 4 heteroatoms. The standard InChI is InChI=1S/C18H15BrO2S/c1-13-3-2-4-14(9-13)12-22(20,21)18-8-6-15-10-17(19)7-5-16(15)11-18/h2-11H,12H2,1H3.